The van der Waals surface area contributed by atoms with Gasteiger partial charge in [-0.25, -0.2) is 8.78 Å². The van der Waals surface area contributed by atoms with E-state index >= 15 is 0 Å². The van der Waals surface area contributed by atoms with E-state index in [9.17, 15) is 13.6 Å². The van der Waals surface area contributed by atoms with Gasteiger partial charge in [0.05, 0.1) is 24.9 Å². The largest absolute Gasteiger partial charge is 0.377 e. The standard InChI is InChI=1S/C17H19F2N3O2/c1-10-16(11(2)21(3)20-10)15-9-24-5-4-22(15)17(23)12-6-13(18)8-14(19)7-12/h6-8,15H,4-5,9H2,1-3H3. The molecule has 5 nitrogen and oxygen atoms in total. The van der Waals surface area contributed by atoms with Crippen LogP contribution in [0.2, 0.25) is 0 Å². The number of rotatable bonds is 2. The Labute approximate surface area is 138 Å². The van der Waals surface area contributed by atoms with E-state index in [0.717, 1.165) is 35.2 Å². The number of morpholine rings is 1. The molecular formula is C17H19F2N3O2. The molecule has 0 saturated carbocycles. The zero-order valence-corrected chi connectivity index (χ0v) is 13.8. The first-order chi connectivity index (χ1) is 11.4. The Hall–Kier alpha value is -2.28. The number of hydrogen-bond acceptors (Lipinski definition) is 3. The topological polar surface area (TPSA) is 47.4 Å². The van der Waals surface area contributed by atoms with Crippen LogP contribution in [0.4, 0.5) is 8.78 Å². The molecular weight excluding hydrogens is 316 g/mol. The van der Waals surface area contributed by atoms with Crippen molar-refractivity contribution < 1.29 is 18.3 Å². The van der Waals surface area contributed by atoms with E-state index in [4.69, 9.17) is 4.74 Å². The van der Waals surface area contributed by atoms with Crippen molar-refractivity contribution in [2.75, 3.05) is 19.8 Å². The fourth-order valence-electron chi connectivity index (χ4n) is 3.20. The van der Waals surface area contributed by atoms with Gasteiger partial charge in [-0.3, -0.25) is 9.48 Å². The van der Waals surface area contributed by atoms with Crippen molar-refractivity contribution in [2.24, 2.45) is 7.05 Å². The smallest absolute Gasteiger partial charge is 0.254 e. The summed E-state index contributed by atoms with van der Waals surface area (Å²) in [7, 11) is 1.84. The van der Waals surface area contributed by atoms with Gasteiger partial charge in [0, 0.05) is 36.5 Å². The number of aromatic nitrogens is 2. The van der Waals surface area contributed by atoms with Crippen LogP contribution < -0.4 is 0 Å². The van der Waals surface area contributed by atoms with E-state index in [1.165, 1.54) is 0 Å². The van der Waals surface area contributed by atoms with Crippen molar-refractivity contribution >= 4 is 5.91 Å². The van der Waals surface area contributed by atoms with Crippen LogP contribution in [0, 0.1) is 25.5 Å². The molecule has 2 aromatic rings. The van der Waals surface area contributed by atoms with E-state index in [1.807, 2.05) is 20.9 Å². The first kappa shape index (κ1) is 16.6. The molecule has 128 valence electrons. The molecule has 1 saturated heterocycles. The molecule has 1 aliphatic rings. The molecule has 0 radical (unpaired) electrons. The average Bonchev–Trinajstić information content (AvgIpc) is 2.78. The molecule has 1 atom stereocenters. The Kier molecular flexibility index (Phi) is 4.36. The summed E-state index contributed by atoms with van der Waals surface area (Å²) >= 11 is 0. The Morgan fingerprint density at radius 1 is 1.25 bits per heavy atom. The number of amides is 1. The van der Waals surface area contributed by atoms with Gasteiger partial charge in [-0.05, 0) is 26.0 Å². The Morgan fingerprint density at radius 2 is 1.92 bits per heavy atom. The van der Waals surface area contributed by atoms with Gasteiger partial charge in [-0.15, -0.1) is 0 Å². The molecule has 3 rings (SSSR count). The number of benzene rings is 1. The summed E-state index contributed by atoms with van der Waals surface area (Å²) in [5.41, 5.74) is 2.67. The summed E-state index contributed by atoms with van der Waals surface area (Å²) < 4.78 is 34.2. The molecule has 0 bridgehead atoms. The highest BCUT2D eigenvalue weighted by atomic mass is 19.1. The van der Waals surface area contributed by atoms with Crippen molar-refractivity contribution in [3.05, 3.63) is 52.3 Å². The fraction of sp³-hybridized carbons (Fsp3) is 0.412. The molecule has 1 aliphatic heterocycles. The number of carbonyl (C=O) groups is 1. The number of halogens is 2. The van der Waals surface area contributed by atoms with Gasteiger partial charge in [-0.1, -0.05) is 0 Å². The number of nitrogens with zero attached hydrogens (tertiary/aromatic N) is 3. The lowest BCUT2D eigenvalue weighted by molar-refractivity contribution is -0.00309. The second kappa shape index (κ2) is 6.32. The zero-order chi connectivity index (χ0) is 17.4. The molecule has 2 heterocycles. The van der Waals surface area contributed by atoms with Crippen molar-refractivity contribution in [2.45, 2.75) is 19.9 Å². The van der Waals surface area contributed by atoms with Crippen molar-refractivity contribution in [3.8, 4) is 0 Å². The highest BCUT2D eigenvalue weighted by molar-refractivity contribution is 5.94. The SMILES string of the molecule is Cc1nn(C)c(C)c1C1COCCN1C(=O)c1cc(F)cc(F)c1. The van der Waals surface area contributed by atoms with Crippen molar-refractivity contribution in [1.82, 2.24) is 14.7 Å². The van der Waals surface area contributed by atoms with E-state index in [1.54, 1.807) is 9.58 Å². The van der Waals surface area contributed by atoms with Gasteiger partial charge in [0.2, 0.25) is 0 Å². The van der Waals surface area contributed by atoms with Gasteiger partial charge in [-0.2, -0.15) is 5.10 Å². The van der Waals surface area contributed by atoms with Gasteiger partial charge in [0.25, 0.3) is 5.91 Å². The summed E-state index contributed by atoms with van der Waals surface area (Å²) in [4.78, 5) is 14.4. The van der Waals surface area contributed by atoms with Gasteiger partial charge < -0.3 is 9.64 Å². The third kappa shape index (κ3) is 2.91. The molecule has 1 aromatic heterocycles. The number of hydrogen-bond donors (Lipinski definition) is 0. The van der Waals surface area contributed by atoms with Crippen LogP contribution in [0.1, 0.15) is 33.4 Å². The van der Waals surface area contributed by atoms with Crippen LogP contribution in [0.5, 0.6) is 0 Å². The molecule has 0 N–H and O–H groups in total. The number of ether oxygens (including phenoxy) is 1. The summed E-state index contributed by atoms with van der Waals surface area (Å²) in [5, 5.41) is 4.38. The fourth-order valence-corrected chi connectivity index (χ4v) is 3.20. The first-order valence-corrected chi connectivity index (χ1v) is 7.73. The predicted molar refractivity (Wildman–Crippen MR) is 83.6 cm³/mol. The van der Waals surface area contributed by atoms with Gasteiger partial charge in [0.1, 0.15) is 11.6 Å². The molecule has 1 fully saturated rings. The van der Waals surface area contributed by atoms with Crippen molar-refractivity contribution in [1.29, 1.82) is 0 Å². The van der Waals surface area contributed by atoms with E-state index in [2.05, 4.69) is 5.10 Å². The van der Waals surface area contributed by atoms with Crippen LogP contribution in [0.25, 0.3) is 0 Å². The number of aryl methyl sites for hydroxylation is 2. The van der Waals surface area contributed by atoms with Gasteiger partial charge in [0.15, 0.2) is 0 Å². The summed E-state index contributed by atoms with van der Waals surface area (Å²) in [5.74, 6) is -1.95. The molecule has 1 unspecified atom stereocenters. The minimum absolute atomic E-state index is 0.00130. The Morgan fingerprint density at radius 3 is 2.50 bits per heavy atom. The lowest BCUT2D eigenvalue weighted by Gasteiger charge is -2.36. The first-order valence-electron chi connectivity index (χ1n) is 7.73. The molecule has 1 aromatic carbocycles. The predicted octanol–water partition coefficient (Wildman–Crippen LogP) is 2.53. The summed E-state index contributed by atoms with van der Waals surface area (Å²) in [6, 6.07) is 2.54. The number of carbonyl (C=O) groups excluding carboxylic acids is 1. The van der Waals surface area contributed by atoms with Gasteiger partial charge >= 0.3 is 0 Å². The van der Waals surface area contributed by atoms with E-state index in [0.29, 0.717) is 19.8 Å². The maximum atomic E-state index is 13.5. The Bertz CT molecular complexity index is 768. The van der Waals surface area contributed by atoms with Crippen LogP contribution in [-0.4, -0.2) is 40.3 Å². The maximum absolute atomic E-state index is 13.5. The second-order valence-electron chi connectivity index (χ2n) is 5.96. The zero-order valence-electron chi connectivity index (χ0n) is 13.8. The second-order valence-corrected chi connectivity index (χ2v) is 5.96. The monoisotopic (exact) mass is 335 g/mol. The third-order valence-electron chi connectivity index (χ3n) is 4.40. The third-order valence-corrected chi connectivity index (χ3v) is 4.40. The lowest BCUT2D eigenvalue weighted by atomic mass is 10.0. The van der Waals surface area contributed by atoms with Crippen LogP contribution >= 0.6 is 0 Å². The van der Waals surface area contributed by atoms with Crippen LogP contribution in [0.3, 0.4) is 0 Å². The van der Waals surface area contributed by atoms with Crippen molar-refractivity contribution in [3.63, 3.8) is 0 Å². The summed E-state index contributed by atoms with van der Waals surface area (Å²) in [6.45, 7) is 4.88. The van der Waals surface area contributed by atoms with Crippen LogP contribution in [0.15, 0.2) is 18.2 Å². The molecule has 7 heteroatoms. The van der Waals surface area contributed by atoms with E-state index in [-0.39, 0.29) is 11.6 Å². The molecule has 0 aliphatic carbocycles. The normalized spacial score (nSPS) is 18.0. The minimum atomic E-state index is -0.767. The average molecular weight is 335 g/mol. The lowest BCUT2D eigenvalue weighted by Crippen LogP contribution is -2.43. The van der Waals surface area contributed by atoms with Crippen LogP contribution in [-0.2, 0) is 11.8 Å². The minimum Gasteiger partial charge on any atom is -0.377 e. The Balaban J connectivity index is 1.99. The quantitative estimate of drug-likeness (QED) is 0.847. The molecule has 1 amide bonds. The highest BCUT2D eigenvalue weighted by Crippen LogP contribution is 2.30. The summed E-state index contributed by atoms with van der Waals surface area (Å²) in [6.07, 6.45) is 0. The van der Waals surface area contributed by atoms with E-state index < -0.39 is 17.5 Å². The maximum Gasteiger partial charge on any atom is 0.254 e. The molecule has 24 heavy (non-hydrogen) atoms. The highest BCUT2D eigenvalue weighted by Gasteiger charge is 2.33. The molecule has 0 spiro atoms.